The van der Waals surface area contributed by atoms with E-state index in [2.05, 4.69) is 15.0 Å². The van der Waals surface area contributed by atoms with Gasteiger partial charge in [0.05, 0.1) is 12.1 Å². The fraction of sp³-hybridized carbons (Fsp3) is 0.300. The zero-order valence-electron chi connectivity index (χ0n) is 14.6. The molecule has 0 atom stereocenters. The van der Waals surface area contributed by atoms with Crippen molar-refractivity contribution in [1.82, 2.24) is 15.0 Å². The van der Waals surface area contributed by atoms with Gasteiger partial charge in [-0.3, -0.25) is 4.90 Å². The molecule has 0 amide bonds. The summed E-state index contributed by atoms with van der Waals surface area (Å²) < 4.78 is 5.39. The molecule has 1 N–H and O–H groups in total. The van der Waals surface area contributed by atoms with Crippen LogP contribution in [0.3, 0.4) is 0 Å². The van der Waals surface area contributed by atoms with Gasteiger partial charge >= 0.3 is 0 Å². The first-order valence-corrected chi connectivity index (χ1v) is 9.57. The third kappa shape index (κ3) is 4.17. The third-order valence-corrected chi connectivity index (χ3v) is 5.50. The Morgan fingerprint density at radius 1 is 0.963 bits per heavy atom. The van der Waals surface area contributed by atoms with Crippen LogP contribution in [0.1, 0.15) is 24.3 Å². The molecule has 0 aliphatic carbocycles. The highest BCUT2D eigenvalue weighted by Gasteiger charge is 2.34. The minimum atomic E-state index is -0.815. The van der Waals surface area contributed by atoms with Crippen molar-refractivity contribution in [3.8, 4) is 11.4 Å². The molecule has 1 aliphatic rings. The van der Waals surface area contributed by atoms with Crippen molar-refractivity contribution in [2.24, 2.45) is 0 Å². The first kappa shape index (κ1) is 18.4. The van der Waals surface area contributed by atoms with Gasteiger partial charge in [0.2, 0.25) is 11.7 Å². The number of rotatable bonds is 4. The van der Waals surface area contributed by atoms with Crippen molar-refractivity contribution in [2.45, 2.75) is 25.0 Å². The van der Waals surface area contributed by atoms with Gasteiger partial charge in [0, 0.05) is 28.7 Å². The van der Waals surface area contributed by atoms with Crippen molar-refractivity contribution >= 4 is 23.2 Å². The van der Waals surface area contributed by atoms with E-state index in [0.717, 1.165) is 24.2 Å². The molecular weight excluding hydrogens is 385 g/mol. The van der Waals surface area contributed by atoms with Gasteiger partial charge < -0.3 is 9.63 Å². The SMILES string of the molecule is OC1(c2ccc(Cl)cc2)CCN(Cc2nc(-c3ccc(Cl)cc3)no2)CC1. The van der Waals surface area contributed by atoms with Gasteiger partial charge in [-0.2, -0.15) is 4.98 Å². The second kappa shape index (κ2) is 7.60. The molecule has 1 aliphatic heterocycles. The Bertz CT molecular complexity index is 902. The van der Waals surface area contributed by atoms with Crippen LogP contribution in [0.5, 0.6) is 0 Å². The van der Waals surface area contributed by atoms with E-state index >= 15 is 0 Å². The molecule has 4 rings (SSSR count). The Kier molecular flexibility index (Phi) is 5.19. The lowest BCUT2D eigenvalue weighted by atomic mass is 9.84. The molecule has 2 aromatic carbocycles. The van der Waals surface area contributed by atoms with Crippen molar-refractivity contribution in [1.29, 1.82) is 0 Å². The summed E-state index contributed by atoms with van der Waals surface area (Å²) in [5, 5.41) is 16.4. The van der Waals surface area contributed by atoms with Crippen LogP contribution in [-0.2, 0) is 12.1 Å². The molecule has 1 fully saturated rings. The Morgan fingerprint density at radius 3 is 2.19 bits per heavy atom. The number of aliphatic hydroxyl groups is 1. The lowest BCUT2D eigenvalue weighted by Crippen LogP contribution is -2.42. The smallest absolute Gasteiger partial charge is 0.241 e. The maximum absolute atomic E-state index is 11.0. The summed E-state index contributed by atoms with van der Waals surface area (Å²) >= 11 is 11.9. The molecule has 0 radical (unpaired) electrons. The van der Waals surface area contributed by atoms with E-state index in [4.69, 9.17) is 27.7 Å². The summed E-state index contributed by atoms with van der Waals surface area (Å²) in [6.07, 6.45) is 1.29. The standard InChI is InChI=1S/C20H19Cl2N3O2/c21-16-5-1-14(2-6-16)19-23-18(27-24-19)13-25-11-9-20(26,10-12-25)15-3-7-17(22)8-4-15/h1-8,26H,9-13H2. The predicted molar refractivity (Wildman–Crippen MR) is 105 cm³/mol. The minimum Gasteiger partial charge on any atom is -0.385 e. The lowest BCUT2D eigenvalue weighted by Gasteiger charge is -2.38. The number of hydrogen-bond acceptors (Lipinski definition) is 5. The van der Waals surface area contributed by atoms with E-state index < -0.39 is 5.60 Å². The highest BCUT2D eigenvalue weighted by Crippen LogP contribution is 2.33. The Balaban J connectivity index is 1.38. The summed E-state index contributed by atoms with van der Waals surface area (Å²) in [6, 6.07) is 14.8. The van der Waals surface area contributed by atoms with E-state index in [1.54, 1.807) is 12.1 Å². The maximum atomic E-state index is 11.0. The third-order valence-electron chi connectivity index (χ3n) is 4.99. The number of aromatic nitrogens is 2. The van der Waals surface area contributed by atoms with Crippen LogP contribution in [0.15, 0.2) is 53.1 Å². The molecule has 0 unspecified atom stereocenters. The molecule has 0 spiro atoms. The van der Waals surface area contributed by atoms with Crippen molar-refractivity contribution in [2.75, 3.05) is 13.1 Å². The number of benzene rings is 2. The molecular formula is C20H19Cl2N3O2. The minimum absolute atomic E-state index is 0.552. The average molecular weight is 404 g/mol. The zero-order chi connectivity index (χ0) is 18.9. The largest absolute Gasteiger partial charge is 0.385 e. The summed E-state index contributed by atoms with van der Waals surface area (Å²) in [4.78, 5) is 6.68. The highest BCUT2D eigenvalue weighted by molar-refractivity contribution is 6.30. The van der Waals surface area contributed by atoms with E-state index in [0.29, 0.717) is 41.1 Å². The quantitative estimate of drug-likeness (QED) is 0.693. The monoisotopic (exact) mass is 403 g/mol. The molecule has 7 heteroatoms. The molecule has 0 saturated carbocycles. The van der Waals surface area contributed by atoms with Crippen LogP contribution in [0.2, 0.25) is 10.0 Å². The number of hydrogen-bond donors (Lipinski definition) is 1. The van der Waals surface area contributed by atoms with E-state index in [9.17, 15) is 5.11 Å². The maximum Gasteiger partial charge on any atom is 0.241 e. The summed E-state index contributed by atoms with van der Waals surface area (Å²) in [5.74, 6) is 1.12. The summed E-state index contributed by atoms with van der Waals surface area (Å²) in [6.45, 7) is 2.06. The topological polar surface area (TPSA) is 62.4 Å². The van der Waals surface area contributed by atoms with Gasteiger partial charge in [0.15, 0.2) is 0 Å². The molecule has 0 bridgehead atoms. The van der Waals surface area contributed by atoms with Crippen LogP contribution >= 0.6 is 23.2 Å². The van der Waals surface area contributed by atoms with Crippen molar-refractivity contribution in [3.05, 3.63) is 70.0 Å². The van der Waals surface area contributed by atoms with Crippen LogP contribution in [-0.4, -0.2) is 33.2 Å². The number of nitrogens with zero attached hydrogens (tertiary/aromatic N) is 3. The molecule has 1 aromatic heterocycles. The van der Waals surface area contributed by atoms with E-state index in [-0.39, 0.29) is 0 Å². The van der Waals surface area contributed by atoms with Crippen LogP contribution in [0.4, 0.5) is 0 Å². The zero-order valence-corrected chi connectivity index (χ0v) is 16.1. The van der Waals surface area contributed by atoms with Crippen LogP contribution in [0.25, 0.3) is 11.4 Å². The molecule has 5 nitrogen and oxygen atoms in total. The van der Waals surface area contributed by atoms with Crippen molar-refractivity contribution in [3.63, 3.8) is 0 Å². The Morgan fingerprint density at radius 2 is 1.56 bits per heavy atom. The summed E-state index contributed by atoms with van der Waals surface area (Å²) in [5.41, 5.74) is 0.962. The fourth-order valence-electron chi connectivity index (χ4n) is 3.36. The van der Waals surface area contributed by atoms with Gasteiger partial charge in [0.1, 0.15) is 0 Å². The van der Waals surface area contributed by atoms with Gasteiger partial charge in [-0.05, 0) is 54.8 Å². The second-order valence-corrected chi connectivity index (χ2v) is 7.71. The van der Waals surface area contributed by atoms with Gasteiger partial charge in [-0.25, -0.2) is 0 Å². The normalized spacial score (nSPS) is 17.1. The molecule has 27 heavy (non-hydrogen) atoms. The number of likely N-dealkylation sites (tertiary alicyclic amines) is 1. The Hall–Kier alpha value is -1.92. The van der Waals surface area contributed by atoms with E-state index in [1.807, 2.05) is 36.4 Å². The second-order valence-electron chi connectivity index (χ2n) is 6.83. The molecule has 140 valence electrons. The van der Waals surface area contributed by atoms with Gasteiger partial charge in [-0.1, -0.05) is 40.5 Å². The molecule has 2 heterocycles. The first-order valence-electron chi connectivity index (χ1n) is 8.81. The summed E-state index contributed by atoms with van der Waals surface area (Å²) in [7, 11) is 0. The average Bonchev–Trinajstić information content (AvgIpc) is 3.13. The Labute approximate surface area is 167 Å². The number of halogens is 2. The van der Waals surface area contributed by atoms with Gasteiger partial charge in [0.25, 0.3) is 0 Å². The fourth-order valence-corrected chi connectivity index (χ4v) is 3.61. The lowest BCUT2D eigenvalue weighted by molar-refractivity contribution is -0.0295. The molecule has 3 aromatic rings. The predicted octanol–water partition coefficient (Wildman–Crippen LogP) is 4.53. The molecule has 1 saturated heterocycles. The van der Waals surface area contributed by atoms with Crippen molar-refractivity contribution < 1.29 is 9.63 Å². The van der Waals surface area contributed by atoms with Crippen LogP contribution < -0.4 is 0 Å². The van der Waals surface area contributed by atoms with Crippen LogP contribution in [0, 0.1) is 0 Å². The van der Waals surface area contributed by atoms with Gasteiger partial charge in [-0.15, -0.1) is 0 Å². The number of piperidine rings is 1. The first-order chi connectivity index (χ1) is 13.0. The van der Waals surface area contributed by atoms with E-state index in [1.165, 1.54) is 0 Å². The highest BCUT2D eigenvalue weighted by atomic mass is 35.5.